The fraction of sp³-hybridized carbons (Fsp3) is 0.800. The molecule has 1 nitrogen and oxygen atoms in total. The van der Waals surface area contributed by atoms with E-state index in [1.807, 2.05) is 0 Å². The minimum Gasteiger partial charge on any atom is -0.369 e. The lowest BCUT2D eigenvalue weighted by Gasteiger charge is -2.33. The largest absolute Gasteiger partial charge is 0.369 e. The Labute approximate surface area is 128 Å². The van der Waals surface area contributed by atoms with Gasteiger partial charge in [-0.1, -0.05) is 46.4 Å². The van der Waals surface area contributed by atoms with Crippen molar-refractivity contribution in [2.24, 2.45) is 11.8 Å². The summed E-state index contributed by atoms with van der Waals surface area (Å²) in [6.45, 7) is 0. The maximum atomic E-state index is 6.64. The zero-order valence-electron chi connectivity index (χ0n) is 8.19. The molecule has 0 aromatic heterocycles. The van der Waals surface area contributed by atoms with E-state index in [-0.39, 0.29) is 29.1 Å². The van der Waals surface area contributed by atoms with Gasteiger partial charge in [0.1, 0.15) is 9.75 Å². The van der Waals surface area contributed by atoms with Gasteiger partial charge in [0.15, 0.2) is 4.33 Å². The SMILES string of the molecule is ClC1=C(Cl)[C@]2(Cl)[C@@H]3C[C@@H]4O[C@@H]4[C@H]3[C@@]1(Cl)C2(Cl)Cl. The highest BCUT2D eigenvalue weighted by atomic mass is 35.5. The number of ether oxygens (including phenoxy) is 1. The van der Waals surface area contributed by atoms with E-state index in [1.54, 1.807) is 0 Å². The van der Waals surface area contributed by atoms with Gasteiger partial charge in [-0.2, -0.15) is 0 Å². The maximum absolute atomic E-state index is 6.64. The standard InChI is InChI=1S/C10H6Cl6O/c11-6-7(12)9(14)4-2(1-3-5(4)17-3)8(6,13)10(9,15)16/h2-5H,1H2/t2-,3+,4+,5+,8-,9+/m1/s1. The Balaban J connectivity index is 2.00. The van der Waals surface area contributed by atoms with Crippen LogP contribution in [-0.2, 0) is 4.74 Å². The Bertz CT molecular complexity index is 475. The highest BCUT2D eigenvalue weighted by Crippen LogP contribution is 2.80. The Morgan fingerprint density at radius 1 is 1.00 bits per heavy atom. The molecular weight excluding hydrogens is 349 g/mol. The van der Waals surface area contributed by atoms with E-state index in [0.29, 0.717) is 5.03 Å². The van der Waals surface area contributed by atoms with Crippen LogP contribution in [0, 0.1) is 11.8 Å². The molecule has 0 unspecified atom stereocenters. The minimum absolute atomic E-state index is 0.0235. The quantitative estimate of drug-likeness (QED) is 0.468. The Morgan fingerprint density at radius 2 is 1.59 bits per heavy atom. The molecular formula is C10H6Cl6O. The zero-order chi connectivity index (χ0) is 12.4. The van der Waals surface area contributed by atoms with Crippen LogP contribution >= 0.6 is 69.6 Å². The second kappa shape index (κ2) is 3.03. The first-order valence-corrected chi connectivity index (χ1v) is 7.52. The van der Waals surface area contributed by atoms with Crippen molar-refractivity contribution in [3.8, 4) is 0 Å². The summed E-state index contributed by atoms with van der Waals surface area (Å²) in [7, 11) is 0. The third-order valence-electron chi connectivity index (χ3n) is 4.61. The van der Waals surface area contributed by atoms with E-state index >= 15 is 0 Å². The van der Waals surface area contributed by atoms with Crippen molar-refractivity contribution in [1.82, 2.24) is 0 Å². The number of halogens is 6. The highest BCUT2D eigenvalue weighted by molar-refractivity contribution is 6.65. The van der Waals surface area contributed by atoms with Gasteiger partial charge in [0.05, 0.1) is 22.3 Å². The summed E-state index contributed by atoms with van der Waals surface area (Å²) in [5.41, 5.74) is 0. The number of hydrogen-bond donors (Lipinski definition) is 0. The molecule has 1 heterocycles. The second-order valence-electron chi connectivity index (χ2n) is 5.13. The molecule has 3 aliphatic carbocycles. The lowest BCUT2D eigenvalue weighted by atomic mass is 9.84. The van der Waals surface area contributed by atoms with Crippen LogP contribution in [0.4, 0.5) is 0 Å². The number of hydrogen-bond acceptors (Lipinski definition) is 1. The van der Waals surface area contributed by atoms with Crippen molar-refractivity contribution in [1.29, 1.82) is 0 Å². The summed E-state index contributed by atoms with van der Waals surface area (Å²) < 4.78 is 4.12. The number of alkyl halides is 4. The third-order valence-corrected chi connectivity index (χ3v) is 8.93. The molecule has 0 spiro atoms. The van der Waals surface area contributed by atoms with Crippen LogP contribution in [0.15, 0.2) is 10.1 Å². The maximum Gasteiger partial charge on any atom is 0.166 e. The van der Waals surface area contributed by atoms with Crippen molar-refractivity contribution < 1.29 is 4.74 Å². The Hall–Kier alpha value is 1.44. The Morgan fingerprint density at radius 3 is 2.24 bits per heavy atom. The van der Waals surface area contributed by atoms with Gasteiger partial charge in [0.25, 0.3) is 0 Å². The smallest absolute Gasteiger partial charge is 0.166 e. The van der Waals surface area contributed by atoms with Crippen molar-refractivity contribution in [2.75, 3.05) is 0 Å². The molecule has 1 saturated heterocycles. The number of fused-ring (bicyclic) bond motifs is 7. The normalized spacial score (nSPS) is 61.8. The van der Waals surface area contributed by atoms with Crippen LogP contribution < -0.4 is 0 Å². The molecule has 0 radical (unpaired) electrons. The Kier molecular flexibility index (Phi) is 2.17. The van der Waals surface area contributed by atoms with Gasteiger partial charge in [-0.25, -0.2) is 0 Å². The first-order chi connectivity index (χ1) is 7.78. The van der Waals surface area contributed by atoms with E-state index < -0.39 is 14.1 Å². The summed E-state index contributed by atoms with van der Waals surface area (Å²) in [6, 6.07) is 0. The van der Waals surface area contributed by atoms with E-state index in [4.69, 9.17) is 74.3 Å². The number of rotatable bonds is 0. The lowest BCUT2D eigenvalue weighted by molar-refractivity contribution is 0.200. The topological polar surface area (TPSA) is 12.5 Å². The average molecular weight is 355 g/mol. The van der Waals surface area contributed by atoms with Gasteiger partial charge in [-0.3, -0.25) is 0 Å². The molecule has 94 valence electrons. The first kappa shape index (κ1) is 12.2. The van der Waals surface area contributed by atoms with Gasteiger partial charge >= 0.3 is 0 Å². The predicted molar refractivity (Wildman–Crippen MR) is 70.6 cm³/mol. The van der Waals surface area contributed by atoms with E-state index in [0.717, 1.165) is 6.42 Å². The fourth-order valence-corrected chi connectivity index (χ4v) is 6.90. The molecule has 7 heteroatoms. The molecule has 4 rings (SSSR count). The molecule has 0 aromatic rings. The average Bonchev–Trinajstić information content (AvgIpc) is 2.88. The van der Waals surface area contributed by atoms with Crippen molar-refractivity contribution in [3.63, 3.8) is 0 Å². The summed E-state index contributed by atoms with van der Waals surface area (Å²) >= 11 is 38.6. The summed E-state index contributed by atoms with van der Waals surface area (Å²) in [5.74, 6) is -0.0351. The van der Waals surface area contributed by atoms with E-state index in [9.17, 15) is 0 Å². The predicted octanol–water partition coefficient (Wildman–Crippen LogP) is 4.24. The molecule has 2 saturated carbocycles. The molecule has 3 fully saturated rings. The van der Waals surface area contributed by atoms with Gasteiger partial charge in [-0.05, 0) is 12.3 Å². The molecule has 4 aliphatic rings. The molecule has 0 amide bonds. The highest BCUT2D eigenvalue weighted by Gasteiger charge is 2.87. The van der Waals surface area contributed by atoms with E-state index in [1.165, 1.54) is 0 Å². The van der Waals surface area contributed by atoms with Crippen LogP contribution in [0.25, 0.3) is 0 Å². The molecule has 6 atom stereocenters. The van der Waals surface area contributed by atoms with Crippen molar-refractivity contribution in [2.45, 2.75) is 32.7 Å². The summed E-state index contributed by atoms with van der Waals surface area (Å²) in [6.07, 6.45) is 1.06. The number of epoxide rings is 1. The second-order valence-corrected chi connectivity index (χ2v) is 8.41. The van der Waals surface area contributed by atoms with Crippen LogP contribution in [0.1, 0.15) is 6.42 Å². The first-order valence-electron chi connectivity index (χ1n) is 5.25. The van der Waals surface area contributed by atoms with Crippen LogP contribution in [-0.4, -0.2) is 26.3 Å². The van der Waals surface area contributed by atoms with Crippen LogP contribution in [0.3, 0.4) is 0 Å². The van der Waals surface area contributed by atoms with Crippen molar-refractivity contribution in [3.05, 3.63) is 10.1 Å². The molecule has 1 aliphatic heterocycles. The molecule has 17 heavy (non-hydrogen) atoms. The molecule has 2 bridgehead atoms. The molecule has 0 N–H and O–H groups in total. The fourth-order valence-electron chi connectivity index (χ4n) is 3.81. The monoisotopic (exact) mass is 352 g/mol. The lowest BCUT2D eigenvalue weighted by Crippen LogP contribution is -2.45. The van der Waals surface area contributed by atoms with Gasteiger partial charge < -0.3 is 4.74 Å². The molecule has 0 aromatic carbocycles. The minimum atomic E-state index is -1.40. The zero-order valence-corrected chi connectivity index (χ0v) is 12.7. The van der Waals surface area contributed by atoms with Gasteiger partial charge in [0, 0.05) is 5.92 Å². The van der Waals surface area contributed by atoms with Gasteiger partial charge in [0.2, 0.25) is 0 Å². The number of allylic oxidation sites excluding steroid dienone is 2. The third kappa shape index (κ3) is 0.971. The van der Waals surface area contributed by atoms with Crippen LogP contribution in [0.2, 0.25) is 0 Å². The summed E-state index contributed by atoms with van der Waals surface area (Å²) in [5, 5.41) is 0.571. The van der Waals surface area contributed by atoms with E-state index in [2.05, 4.69) is 0 Å². The van der Waals surface area contributed by atoms with Crippen molar-refractivity contribution >= 4 is 69.6 Å². The van der Waals surface area contributed by atoms with Gasteiger partial charge in [-0.15, -0.1) is 23.2 Å². The summed E-state index contributed by atoms with van der Waals surface area (Å²) in [4.78, 5) is -2.21. The van der Waals surface area contributed by atoms with Crippen LogP contribution in [0.5, 0.6) is 0 Å².